The Balaban J connectivity index is 1.57. The van der Waals surface area contributed by atoms with Crippen molar-refractivity contribution in [3.8, 4) is 11.1 Å². The number of nitrogens with zero attached hydrogens (tertiary/aromatic N) is 1. The highest BCUT2D eigenvalue weighted by Crippen LogP contribution is 2.25. The smallest absolute Gasteiger partial charge is 0.181 e. The zero-order chi connectivity index (χ0) is 19.1. The molecule has 1 aromatic heterocycles. The molecule has 1 heterocycles. The fourth-order valence-electron chi connectivity index (χ4n) is 3.76. The van der Waals surface area contributed by atoms with Gasteiger partial charge >= 0.3 is 0 Å². The first kappa shape index (κ1) is 17.0. The zero-order valence-electron chi connectivity index (χ0n) is 16.0. The summed E-state index contributed by atoms with van der Waals surface area (Å²) in [4.78, 5) is 4.89. The van der Waals surface area contributed by atoms with Crippen molar-refractivity contribution in [2.45, 2.75) is 13.1 Å². The van der Waals surface area contributed by atoms with Crippen LogP contribution in [0.5, 0.6) is 0 Å². The van der Waals surface area contributed by atoms with E-state index in [0.29, 0.717) is 0 Å². The molecule has 0 saturated carbocycles. The molecule has 0 aliphatic carbocycles. The predicted octanol–water partition coefficient (Wildman–Crippen LogP) is 5.47. The van der Waals surface area contributed by atoms with Crippen LogP contribution in [0.1, 0.15) is 0 Å². The van der Waals surface area contributed by atoms with Crippen LogP contribution < -0.4 is 10.7 Å². The molecule has 0 saturated heterocycles. The molecule has 28 heavy (non-hydrogen) atoms. The third-order valence-electron chi connectivity index (χ3n) is 5.53. The van der Waals surface area contributed by atoms with Crippen LogP contribution in [0.25, 0.3) is 33.0 Å². The van der Waals surface area contributed by atoms with E-state index in [9.17, 15) is 0 Å². The number of hydrogen-bond donors (Lipinski definition) is 0. The maximum absolute atomic E-state index is 6.37. The largest absolute Gasteiger partial charge is 0.445 e. The minimum absolute atomic E-state index is 0.881. The van der Waals surface area contributed by atoms with Gasteiger partial charge in [0, 0.05) is 5.39 Å². The Hall–Kier alpha value is -3.17. The van der Waals surface area contributed by atoms with E-state index in [0.717, 1.165) is 22.0 Å². The third kappa shape index (κ3) is 2.76. The van der Waals surface area contributed by atoms with Gasteiger partial charge in [-0.2, -0.15) is 0 Å². The summed E-state index contributed by atoms with van der Waals surface area (Å²) >= 11 is 0. The number of aromatic nitrogens is 1. The summed E-state index contributed by atoms with van der Waals surface area (Å²) in [6.07, 6.45) is 0. The Morgan fingerprint density at radius 1 is 0.679 bits per heavy atom. The van der Waals surface area contributed by atoms with Crippen LogP contribution >= 0.6 is 0 Å². The van der Waals surface area contributed by atoms with Crippen molar-refractivity contribution in [2.24, 2.45) is 0 Å². The molecule has 136 valence electrons. The van der Waals surface area contributed by atoms with Crippen molar-refractivity contribution in [1.82, 2.24) is 4.98 Å². The lowest BCUT2D eigenvalue weighted by Gasteiger charge is -2.19. The normalized spacial score (nSPS) is 11.9. The Morgan fingerprint density at radius 2 is 1.36 bits per heavy atom. The van der Waals surface area contributed by atoms with Crippen molar-refractivity contribution in [3.63, 3.8) is 0 Å². The lowest BCUT2D eigenvalue weighted by Crippen LogP contribution is -2.53. The van der Waals surface area contributed by atoms with Crippen LogP contribution in [-0.2, 0) is 0 Å². The molecule has 3 heteroatoms. The molecule has 0 radical (unpaired) electrons. The van der Waals surface area contributed by atoms with Crippen LogP contribution in [0.3, 0.4) is 0 Å². The van der Waals surface area contributed by atoms with E-state index < -0.39 is 8.07 Å². The summed E-state index contributed by atoms with van der Waals surface area (Å²) < 4.78 is 6.37. The van der Waals surface area contributed by atoms with E-state index in [1.54, 1.807) is 0 Å². The van der Waals surface area contributed by atoms with Gasteiger partial charge in [-0.25, -0.2) is 4.98 Å². The number of oxazole rings is 1. The zero-order valence-corrected chi connectivity index (χ0v) is 17.0. The second-order valence-electron chi connectivity index (χ2n) is 7.72. The lowest BCUT2D eigenvalue weighted by atomic mass is 10.1. The summed E-state index contributed by atoms with van der Waals surface area (Å²) in [5.74, 6) is 0. The SMILES string of the molecule is C[Si](C)(c1ccc(-c2ccccc2)cc1)c1nc2ccc3ccccc3c2o1. The van der Waals surface area contributed by atoms with Gasteiger partial charge in [0.05, 0.1) is 0 Å². The topological polar surface area (TPSA) is 26.0 Å². The highest BCUT2D eigenvalue weighted by molar-refractivity contribution is 6.99. The molecule has 0 fully saturated rings. The number of hydrogen-bond acceptors (Lipinski definition) is 2. The molecule has 0 unspecified atom stereocenters. The summed E-state index contributed by atoms with van der Waals surface area (Å²) in [7, 11) is -2.03. The average Bonchev–Trinajstić information content (AvgIpc) is 3.20. The molecule has 0 spiro atoms. The maximum atomic E-state index is 6.37. The van der Waals surface area contributed by atoms with Crippen LogP contribution in [0.2, 0.25) is 13.1 Å². The minimum Gasteiger partial charge on any atom is -0.445 e. The maximum Gasteiger partial charge on any atom is 0.181 e. The van der Waals surface area contributed by atoms with Crippen molar-refractivity contribution in [1.29, 1.82) is 0 Å². The fourth-order valence-corrected chi connectivity index (χ4v) is 5.76. The molecule has 0 N–H and O–H groups in total. The third-order valence-corrected chi connectivity index (χ3v) is 8.59. The van der Waals surface area contributed by atoms with E-state index in [1.807, 2.05) is 6.07 Å². The molecular weight excluding hydrogens is 358 g/mol. The highest BCUT2D eigenvalue weighted by Gasteiger charge is 2.32. The van der Waals surface area contributed by atoms with E-state index in [1.165, 1.54) is 21.7 Å². The van der Waals surface area contributed by atoms with E-state index >= 15 is 0 Å². The average molecular weight is 380 g/mol. The molecule has 0 atom stereocenters. The quantitative estimate of drug-likeness (QED) is 0.389. The van der Waals surface area contributed by atoms with Crippen LogP contribution in [0, 0.1) is 0 Å². The van der Waals surface area contributed by atoms with Crippen molar-refractivity contribution in [3.05, 3.63) is 91.0 Å². The summed E-state index contributed by atoms with van der Waals surface area (Å²) in [6.45, 7) is 4.61. The van der Waals surface area contributed by atoms with Crippen LogP contribution in [-0.4, -0.2) is 13.1 Å². The fraction of sp³-hybridized carbons (Fsp3) is 0.0800. The van der Waals surface area contributed by atoms with Gasteiger partial charge in [-0.3, -0.25) is 0 Å². The lowest BCUT2D eigenvalue weighted by molar-refractivity contribution is 0.642. The van der Waals surface area contributed by atoms with Crippen LogP contribution in [0.15, 0.2) is 95.4 Å². The van der Waals surface area contributed by atoms with Crippen molar-refractivity contribution < 1.29 is 4.42 Å². The monoisotopic (exact) mass is 379 g/mol. The van der Waals surface area contributed by atoms with Crippen molar-refractivity contribution in [2.75, 3.05) is 0 Å². The first-order valence-electron chi connectivity index (χ1n) is 9.58. The first-order chi connectivity index (χ1) is 13.6. The number of rotatable bonds is 3. The molecular formula is C25H21NOSi. The molecule has 0 bridgehead atoms. The second-order valence-corrected chi connectivity index (χ2v) is 12.0. The molecule has 0 aliphatic rings. The molecule has 0 amide bonds. The van der Waals surface area contributed by atoms with Gasteiger partial charge in [-0.15, -0.1) is 0 Å². The van der Waals surface area contributed by atoms with Gasteiger partial charge in [0.1, 0.15) is 5.52 Å². The number of fused-ring (bicyclic) bond motifs is 3. The standard InChI is InChI=1S/C25H21NOSi/c1-28(2,21-15-12-19(13-16-21)18-8-4-3-5-9-18)25-26-23-17-14-20-10-6-7-11-22(20)24(23)27-25/h3-17H,1-2H3. The van der Waals surface area contributed by atoms with Gasteiger partial charge in [-0.1, -0.05) is 98.0 Å². The van der Waals surface area contributed by atoms with Crippen molar-refractivity contribution >= 4 is 40.6 Å². The van der Waals surface area contributed by atoms with Gasteiger partial charge in [0.25, 0.3) is 0 Å². The molecule has 2 nitrogen and oxygen atoms in total. The molecule has 5 rings (SSSR count). The molecule has 5 aromatic rings. The first-order valence-corrected chi connectivity index (χ1v) is 12.6. The van der Waals surface area contributed by atoms with Gasteiger partial charge in [-0.05, 0) is 27.8 Å². The van der Waals surface area contributed by atoms with Gasteiger partial charge in [0.2, 0.25) is 0 Å². The molecule has 0 aliphatic heterocycles. The van der Waals surface area contributed by atoms with E-state index in [-0.39, 0.29) is 0 Å². The highest BCUT2D eigenvalue weighted by atomic mass is 28.3. The second kappa shape index (κ2) is 6.46. The van der Waals surface area contributed by atoms with E-state index in [2.05, 4.69) is 98.0 Å². The molecule has 4 aromatic carbocycles. The van der Waals surface area contributed by atoms with Crippen LogP contribution in [0.4, 0.5) is 0 Å². The summed E-state index contributed by atoms with van der Waals surface area (Å²) in [6, 6.07) is 31.9. The Labute approximate surface area is 165 Å². The van der Waals surface area contributed by atoms with E-state index in [4.69, 9.17) is 9.40 Å². The van der Waals surface area contributed by atoms with Gasteiger partial charge < -0.3 is 4.42 Å². The summed E-state index contributed by atoms with van der Waals surface area (Å²) in [5, 5.41) is 3.63. The Morgan fingerprint density at radius 3 is 2.14 bits per heavy atom. The summed E-state index contributed by atoms with van der Waals surface area (Å²) in [5.41, 5.74) is 5.19. The van der Waals surface area contributed by atoms with Gasteiger partial charge in [0.15, 0.2) is 19.2 Å². The Kier molecular flexibility index (Phi) is 3.92. The Bertz CT molecular complexity index is 1270. The number of benzene rings is 4. The minimum atomic E-state index is -2.03. The predicted molar refractivity (Wildman–Crippen MR) is 120 cm³/mol.